The van der Waals surface area contributed by atoms with Gasteiger partial charge in [0.05, 0.1) is 38.8 Å². The molecule has 8 rings (SSSR count). The van der Waals surface area contributed by atoms with Crippen LogP contribution in [-0.2, 0) is 20.0 Å². The maximum Gasteiger partial charge on any atom is 0.488 e. The Morgan fingerprint density at radius 3 is 1.41 bits per heavy atom. The molecule has 0 unspecified atom stereocenters. The lowest BCUT2D eigenvalue weighted by Crippen LogP contribution is -2.50. The molecular formula is C46H40BBrF2N8O8S2. The number of nitrogens with zero attached hydrogens (tertiary/aromatic N) is 8. The Bertz CT molecular complexity index is 3070. The summed E-state index contributed by atoms with van der Waals surface area (Å²) >= 11 is 3.24. The van der Waals surface area contributed by atoms with E-state index in [1.165, 1.54) is 75.3 Å². The number of amides is 2. The van der Waals surface area contributed by atoms with E-state index in [0.717, 1.165) is 0 Å². The van der Waals surface area contributed by atoms with E-state index in [1.807, 2.05) is 12.1 Å². The van der Waals surface area contributed by atoms with Crippen LogP contribution in [0.15, 0.2) is 148 Å². The lowest BCUT2D eigenvalue weighted by molar-refractivity contribution is 0.0686. The minimum absolute atomic E-state index is 0.0602. The molecule has 6 aromatic rings. The fourth-order valence-corrected chi connectivity index (χ4v) is 10.1. The van der Waals surface area contributed by atoms with Gasteiger partial charge < -0.3 is 19.8 Å². The van der Waals surface area contributed by atoms with E-state index in [0.29, 0.717) is 32.6 Å². The summed E-state index contributed by atoms with van der Waals surface area (Å²) < 4.78 is 79.9. The van der Waals surface area contributed by atoms with Crippen LogP contribution in [0, 0.1) is 34.3 Å². The Morgan fingerprint density at radius 1 is 0.574 bits per heavy atom. The molecule has 2 aromatic heterocycles. The topological polar surface area (TPSA) is 229 Å². The van der Waals surface area contributed by atoms with Crippen LogP contribution in [0.25, 0.3) is 11.3 Å². The Morgan fingerprint density at radius 2 is 0.985 bits per heavy atom. The van der Waals surface area contributed by atoms with Gasteiger partial charge in [0, 0.05) is 57.9 Å². The van der Waals surface area contributed by atoms with Crippen LogP contribution in [-0.4, -0.2) is 127 Å². The van der Waals surface area contributed by atoms with Gasteiger partial charge >= 0.3 is 7.12 Å². The van der Waals surface area contributed by atoms with Crippen LogP contribution in [0.4, 0.5) is 8.78 Å². The second kappa shape index (κ2) is 22.8. The van der Waals surface area contributed by atoms with Crippen molar-refractivity contribution in [2.45, 2.75) is 9.79 Å². The molecule has 22 heteroatoms. The largest absolute Gasteiger partial charge is 0.488 e. The van der Waals surface area contributed by atoms with Crippen LogP contribution >= 0.6 is 15.9 Å². The standard InChI is InChI=1S/C23H19FN4O3S.C17H15BrN4O3S.C6H6BFO2/c24-19-9-7-18(8-10-19)21-5-2-6-22(26-21)23(29)27-11-13-28(14-12-27)32(30,31)20-4-1-3-17(15-20)16-25;18-16-6-2-5-15(20-16)17(23)21-7-9-22(10-8-21)26(24,25)14-4-1-3-13(11-14)12-19;8-6-3-1-5(2-4-6)7(9)10/h1-10,15H,11-14H2;1-6,11H,7-10H2;1-4,9-10H. The maximum atomic E-state index is 13.2. The highest BCUT2D eigenvalue weighted by molar-refractivity contribution is 9.10. The number of rotatable bonds is 8. The van der Waals surface area contributed by atoms with Crippen molar-refractivity contribution in [1.29, 1.82) is 10.5 Å². The van der Waals surface area contributed by atoms with E-state index < -0.39 is 27.2 Å². The van der Waals surface area contributed by atoms with Crippen molar-refractivity contribution in [2.24, 2.45) is 0 Å². The van der Waals surface area contributed by atoms with Gasteiger partial charge in [0.2, 0.25) is 20.0 Å². The van der Waals surface area contributed by atoms with Crippen molar-refractivity contribution in [1.82, 2.24) is 28.4 Å². The number of carbonyl (C=O) groups is 2. The number of sulfonamides is 2. The zero-order valence-electron chi connectivity index (χ0n) is 35.8. The molecule has 16 nitrogen and oxygen atoms in total. The average molecular weight is 1030 g/mol. The number of hydrogen-bond donors (Lipinski definition) is 2. The summed E-state index contributed by atoms with van der Waals surface area (Å²) in [5, 5.41) is 35.1. The van der Waals surface area contributed by atoms with Gasteiger partial charge in [-0.05, 0) is 118 Å². The molecule has 2 aliphatic rings. The number of pyridine rings is 2. The third-order valence-corrected chi connectivity index (χ3v) is 14.7. The van der Waals surface area contributed by atoms with Crippen molar-refractivity contribution in [3.8, 4) is 23.4 Å². The molecule has 2 amide bonds. The minimum atomic E-state index is -3.76. The number of carbonyl (C=O) groups excluding carboxylic acids is 2. The van der Waals surface area contributed by atoms with Crippen molar-refractivity contribution in [3.05, 3.63) is 172 Å². The Balaban J connectivity index is 0.000000189. The summed E-state index contributed by atoms with van der Waals surface area (Å²) in [6.45, 7) is 1.67. The summed E-state index contributed by atoms with van der Waals surface area (Å²) in [7, 11) is -8.96. The third kappa shape index (κ3) is 12.8. The summed E-state index contributed by atoms with van der Waals surface area (Å²) in [4.78, 5) is 37.3. The monoisotopic (exact) mass is 1020 g/mol. The number of aromatic nitrogens is 2. The van der Waals surface area contributed by atoms with Crippen LogP contribution < -0.4 is 5.46 Å². The molecule has 0 spiro atoms. The van der Waals surface area contributed by atoms with Gasteiger partial charge in [-0.15, -0.1) is 0 Å². The highest BCUT2D eigenvalue weighted by Gasteiger charge is 2.32. The molecule has 0 saturated carbocycles. The first kappa shape index (κ1) is 50.7. The molecule has 4 aromatic carbocycles. The Hall–Kier alpha value is -6.76. The summed E-state index contributed by atoms with van der Waals surface area (Å²) in [6.07, 6.45) is 0. The fraction of sp³-hybridized carbons (Fsp3) is 0.174. The van der Waals surface area contributed by atoms with Crippen LogP contribution in [0.1, 0.15) is 32.1 Å². The van der Waals surface area contributed by atoms with Gasteiger partial charge in [0.25, 0.3) is 11.8 Å². The first-order valence-corrected chi connectivity index (χ1v) is 24.2. The van der Waals surface area contributed by atoms with Gasteiger partial charge in [-0.25, -0.2) is 35.6 Å². The lowest BCUT2D eigenvalue weighted by atomic mass is 9.80. The minimum Gasteiger partial charge on any atom is -0.423 e. The number of hydrogen-bond acceptors (Lipinski definition) is 12. The van der Waals surface area contributed by atoms with Gasteiger partial charge in [-0.2, -0.15) is 19.1 Å². The smallest absolute Gasteiger partial charge is 0.423 e. The van der Waals surface area contributed by atoms with Crippen LogP contribution in [0.5, 0.6) is 0 Å². The van der Waals surface area contributed by atoms with Crippen molar-refractivity contribution in [2.75, 3.05) is 52.4 Å². The Labute approximate surface area is 400 Å². The zero-order chi connectivity index (χ0) is 49.0. The predicted octanol–water partition coefficient (Wildman–Crippen LogP) is 4.27. The molecule has 2 aliphatic heterocycles. The highest BCUT2D eigenvalue weighted by Crippen LogP contribution is 2.23. The zero-order valence-corrected chi connectivity index (χ0v) is 39.0. The van der Waals surface area contributed by atoms with Crippen molar-refractivity contribution >= 4 is 60.4 Å². The third-order valence-electron chi connectivity index (χ3n) is 10.5. The molecule has 0 aliphatic carbocycles. The van der Waals surface area contributed by atoms with E-state index in [1.54, 1.807) is 76.5 Å². The lowest BCUT2D eigenvalue weighted by Gasteiger charge is -2.33. The van der Waals surface area contributed by atoms with E-state index in [2.05, 4.69) is 25.9 Å². The van der Waals surface area contributed by atoms with E-state index in [9.17, 15) is 35.2 Å². The molecule has 68 heavy (non-hydrogen) atoms. The first-order chi connectivity index (χ1) is 32.5. The van der Waals surface area contributed by atoms with Crippen LogP contribution in [0.2, 0.25) is 0 Å². The second-order valence-corrected chi connectivity index (χ2v) is 19.5. The second-order valence-electron chi connectivity index (χ2n) is 14.9. The van der Waals surface area contributed by atoms with Crippen molar-refractivity contribution in [3.63, 3.8) is 0 Å². The van der Waals surface area contributed by atoms with Gasteiger partial charge in [0.15, 0.2) is 0 Å². The predicted molar refractivity (Wildman–Crippen MR) is 249 cm³/mol. The van der Waals surface area contributed by atoms with E-state index in [4.69, 9.17) is 20.6 Å². The maximum absolute atomic E-state index is 13.2. The SMILES string of the molecule is N#Cc1cccc(S(=O)(=O)N2CCN(C(=O)c3cccc(-c4ccc(F)cc4)n3)CC2)c1.N#Cc1cccc(S(=O)(=O)N2CCN(C(=O)c3cccc(Br)n3)CC2)c1.OB(O)c1ccc(F)cc1. The van der Waals surface area contributed by atoms with Crippen LogP contribution in [0.3, 0.4) is 0 Å². The number of piperazine rings is 2. The number of nitriles is 2. The molecule has 4 heterocycles. The van der Waals surface area contributed by atoms with E-state index in [-0.39, 0.29) is 96.9 Å². The molecule has 2 fully saturated rings. The molecular weight excluding hydrogens is 985 g/mol. The molecule has 0 atom stereocenters. The first-order valence-electron chi connectivity index (χ1n) is 20.6. The fourth-order valence-electron chi connectivity index (χ4n) is 6.83. The normalized spacial score (nSPS) is 14.2. The average Bonchev–Trinajstić information content (AvgIpc) is 3.36. The molecule has 2 saturated heterocycles. The van der Waals surface area contributed by atoms with E-state index >= 15 is 0 Å². The summed E-state index contributed by atoms with van der Waals surface area (Å²) in [5.74, 6) is -1.26. The number of benzene rings is 4. The molecule has 0 radical (unpaired) electrons. The van der Waals surface area contributed by atoms with Crippen molar-refractivity contribution < 1.29 is 45.3 Å². The summed E-state index contributed by atoms with van der Waals surface area (Å²) in [5.41, 5.74) is 2.65. The highest BCUT2D eigenvalue weighted by atomic mass is 79.9. The summed E-state index contributed by atoms with van der Waals surface area (Å²) in [6, 6.07) is 36.7. The van der Waals surface area contributed by atoms with Gasteiger partial charge in [-0.1, -0.05) is 36.4 Å². The Kier molecular flexibility index (Phi) is 17.0. The molecule has 2 N–H and O–H groups in total. The molecule has 348 valence electrons. The van der Waals surface area contributed by atoms with Gasteiger partial charge in [0.1, 0.15) is 27.6 Å². The van der Waals surface area contributed by atoms with Gasteiger partial charge in [-0.3, -0.25) is 9.59 Å². The number of halogens is 3. The molecule has 0 bridgehead atoms. The quantitative estimate of drug-likeness (QED) is 0.161.